The smallest absolute Gasteiger partial charge is 0.128 e. The minimum atomic E-state index is -0.598. The highest BCUT2D eigenvalue weighted by Gasteiger charge is 2.25. The number of halogens is 2. The summed E-state index contributed by atoms with van der Waals surface area (Å²) >= 11 is 0. The second-order valence-electron chi connectivity index (χ2n) is 7.97. The summed E-state index contributed by atoms with van der Waals surface area (Å²) in [5.74, 6) is -1.20. The fraction of sp³-hybridized carbons (Fsp3) is 0.250. The average Bonchev–Trinajstić information content (AvgIpc) is 3.42. The lowest BCUT2D eigenvalue weighted by molar-refractivity contribution is 0.454. The second-order valence-corrected chi connectivity index (χ2v) is 7.97. The Hall–Kier alpha value is -3.32. The molecule has 1 aliphatic carbocycles. The number of benzene rings is 2. The van der Waals surface area contributed by atoms with Gasteiger partial charge in [-0.2, -0.15) is 10.2 Å². The Morgan fingerprint density at radius 2 is 1.90 bits per heavy atom. The Kier molecular flexibility index (Phi) is 5.11. The molecular formula is C24H23F2N5. The maximum absolute atomic E-state index is 13.7. The number of aryl methyl sites for hydroxylation is 1. The van der Waals surface area contributed by atoms with Crippen molar-refractivity contribution in [3.63, 3.8) is 0 Å². The molecule has 0 aliphatic heterocycles. The fourth-order valence-electron chi connectivity index (χ4n) is 4.33. The highest BCUT2D eigenvalue weighted by molar-refractivity contribution is 5.40. The Morgan fingerprint density at radius 3 is 2.65 bits per heavy atom. The van der Waals surface area contributed by atoms with E-state index in [-0.39, 0.29) is 6.04 Å². The van der Waals surface area contributed by atoms with E-state index in [9.17, 15) is 8.78 Å². The lowest BCUT2D eigenvalue weighted by atomic mass is 9.92. The van der Waals surface area contributed by atoms with Gasteiger partial charge in [-0.25, -0.2) is 18.1 Å². The van der Waals surface area contributed by atoms with E-state index < -0.39 is 11.6 Å². The largest absolute Gasteiger partial charge is 0.306 e. The van der Waals surface area contributed by atoms with Crippen LogP contribution in [0.25, 0.3) is 11.4 Å². The van der Waals surface area contributed by atoms with Crippen molar-refractivity contribution in [1.29, 1.82) is 0 Å². The van der Waals surface area contributed by atoms with Crippen molar-refractivity contribution in [3.8, 4) is 11.4 Å². The van der Waals surface area contributed by atoms with Crippen LogP contribution in [0.1, 0.15) is 41.3 Å². The van der Waals surface area contributed by atoms with Crippen LogP contribution >= 0.6 is 0 Å². The van der Waals surface area contributed by atoms with Crippen molar-refractivity contribution in [1.82, 2.24) is 24.9 Å². The second kappa shape index (κ2) is 8.07. The molecule has 158 valence electrons. The first-order valence-electron chi connectivity index (χ1n) is 10.4. The number of rotatable bonds is 5. The van der Waals surface area contributed by atoms with Crippen LogP contribution in [0.4, 0.5) is 8.78 Å². The lowest BCUT2D eigenvalue weighted by Gasteiger charge is -2.25. The Balaban J connectivity index is 1.35. The van der Waals surface area contributed by atoms with Crippen molar-refractivity contribution >= 4 is 0 Å². The van der Waals surface area contributed by atoms with Crippen LogP contribution in [0.2, 0.25) is 0 Å². The van der Waals surface area contributed by atoms with Gasteiger partial charge in [0.1, 0.15) is 11.6 Å². The van der Waals surface area contributed by atoms with Crippen LogP contribution < -0.4 is 5.32 Å². The third-order valence-corrected chi connectivity index (χ3v) is 5.91. The van der Waals surface area contributed by atoms with E-state index in [2.05, 4.69) is 40.6 Å². The molecule has 0 unspecified atom stereocenters. The predicted octanol–water partition coefficient (Wildman–Crippen LogP) is 4.81. The van der Waals surface area contributed by atoms with Crippen molar-refractivity contribution in [3.05, 3.63) is 95.1 Å². The molecule has 0 amide bonds. The zero-order chi connectivity index (χ0) is 21.4. The standard InChI is InChI=1S/C24H23F2N5/c1-16-10-20(30-9-3-8-28-30)7-6-17(16)14-27-23-4-2-5-24-22(23)15-29-31(24)21-12-18(25)11-19(26)13-21/h3,6-13,15,23,27H,2,4-5,14H2,1H3/t23-/m1/s1. The molecule has 1 atom stereocenters. The van der Waals surface area contributed by atoms with Gasteiger partial charge >= 0.3 is 0 Å². The molecule has 2 heterocycles. The van der Waals surface area contributed by atoms with Gasteiger partial charge in [0.15, 0.2) is 0 Å². The zero-order valence-electron chi connectivity index (χ0n) is 17.2. The summed E-state index contributed by atoms with van der Waals surface area (Å²) in [7, 11) is 0. The zero-order valence-corrected chi connectivity index (χ0v) is 17.2. The first kappa shape index (κ1) is 19.6. The third kappa shape index (κ3) is 3.88. The highest BCUT2D eigenvalue weighted by atomic mass is 19.1. The Morgan fingerprint density at radius 1 is 1.06 bits per heavy atom. The van der Waals surface area contributed by atoms with Crippen LogP contribution in [-0.4, -0.2) is 19.6 Å². The topological polar surface area (TPSA) is 47.7 Å². The molecule has 0 spiro atoms. The summed E-state index contributed by atoms with van der Waals surface area (Å²) < 4.78 is 30.9. The quantitative estimate of drug-likeness (QED) is 0.505. The van der Waals surface area contributed by atoms with Gasteiger partial charge in [-0.05, 0) is 67.6 Å². The minimum absolute atomic E-state index is 0.154. The van der Waals surface area contributed by atoms with Gasteiger partial charge in [-0.3, -0.25) is 0 Å². The molecule has 0 saturated carbocycles. The van der Waals surface area contributed by atoms with E-state index in [0.29, 0.717) is 5.69 Å². The molecule has 0 fully saturated rings. The molecule has 31 heavy (non-hydrogen) atoms. The van der Waals surface area contributed by atoms with E-state index in [4.69, 9.17) is 0 Å². The normalized spacial score (nSPS) is 15.8. The molecule has 1 N–H and O–H groups in total. The van der Waals surface area contributed by atoms with Gasteiger partial charge in [0.2, 0.25) is 0 Å². The van der Waals surface area contributed by atoms with Crippen molar-refractivity contribution in [2.75, 3.05) is 0 Å². The van der Waals surface area contributed by atoms with Crippen LogP contribution in [0.3, 0.4) is 0 Å². The number of hydrogen-bond donors (Lipinski definition) is 1. The van der Waals surface area contributed by atoms with Crippen molar-refractivity contribution in [2.24, 2.45) is 0 Å². The molecule has 2 aromatic heterocycles. The first-order chi connectivity index (χ1) is 15.1. The van der Waals surface area contributed by atoms with E-state index in [1.54, 1.807) is 10.9 Å². The van der Waals surface area contributed by atoms with E-state index in [1.807, 2.05) is 23.1 Å². The summed E-state index contributed by atoms with van der Waals surface area (Å²) in [5.41, 5.74) is 5.99. The fourth-order valence-corrected chi connectivity index (χ4v) is 4.33. The van der Waals surface area contributed by atoms with E-state index >= 15 is 0 Å². The van der Waals surface area contributed by atoms with Gasteiger partial charge < -0.3 is 5.32 Å². The summed E-state index contributed by atoms with van der Waals surface area (Å²) in [6.07, 6.45) is 8.35. The summed E-state index contributed by atoms with van der Waals surface area (Å²) in [4.78, 5) is 0. The molecule has 0 saturated heterocycles. The average molecular weight is 419 g/mol. The summed E-state index contributed by atoms with van der Waals surface area (Å²) in [5, 5.41) is 12.4. The third-order valence-electron chi connectivity index (χ3n) is 5.91. The lowest BCUT2D eigenvalue weighted by Crippen LogP contribution is -2.25. The van der Waals surface area contributed by atoms with Crippen LogP contribution in [0, 0.1) is 18.6 Å². The molecule has 4 aromatic rings. The molecule has 2 aromatic carbocycles. The SMILES string of the molecule is Cc1cc(-n2cccn2)ccc1CN[C@@H]1CCCc2c1cnn2-c1cc(F)cc(F)c1. The molecule has 0 bridgehead atoms. The van der Waals surface area contributed by atoms with Gasteiger partial charge in [0.25, 0.3) is 0 Å². The van der Waals surface area contributed by atoms with Crippen LogP contribution in [0.5, 0.6) is 0 Å². The number of fused-ring (bicyclic) bond motifs is 1. The molecule has 7 heteroatoms. The first-order valence-corrected chi connectivity index (χ1v) is 10.4. The molecule has 5 rings (SSSR count). The van der Waals surface area contributed by atoms with E-state index in [1.165, 1.54) is 23.3 Å². The summed E-state index contributed by atoms with van der Waals surface area (Å²) in [6.45, 7) is 2.84. The predicted molar refractivity (Wildman–Crippen MR) is 114 cm³/mol. The van der Waals surface area contributed by atoms with Crippen LogP contribution in [-0.2, 0) is 13.0 Å². The maximum atomic E-state index is 13.7. The maximum Gasteiger partial charge on any atom is 0.128 e. The van der Waals surface area contributed by atoms with Crippen molar-refractivity contribution < 1.29 is 8.78 Å². The Bertz CT molecular complexity index is 1190. The van der Waals surface area contributed by atoms with Gasteiger partial charge in [0.05, 0.1) is 17.6 Å². The number of nitrogens with one attached hydrogen (secondary N) is 1. The number of hydrogen-bond acceptors (Lipinski definition) is 3. The molecular weight excluding hydrogens is 396 g/mol. The van der Waals surface area contributed by atoms with Crippen molar-refractivity contribution in [2.45, 2.75) is 38.8 Å². The number of aromatic nitrogens is 4. The van der Waals surface area contributed by atoms with Gasteiger partial charge in [-0.1, -0.05) is 6.07 Å². The monoisotopic (exact) mass is 419 g/mol. The highest BCUT2D eigenvalue weighted by Crippen LogP contribution is 2.32. The number of nitrogens with zero attached hydrogens (tertiary/aromatic N) is 4. The molecule has 0 radical (unpaired) electrons. The van der Waals surface area contributed by atoms with E-state index in [0.717, 1.165) is 48.8 Å². The van der Waals surface area contributed by atoms with Gasteiger partial charge in [0, 0.05) is 42.3 Å². The van der Waals surface area contributed by atoms with Gasteiger partial charge in [-0.15, -0.1) is 0 Å². The molecule has 5 nitrogen and oxygen atoms in total. The molecule has 1 aliphatic rings. The Labute approximate surface area is 179 Å². The van der Waals surface area contributed by atoms with Crippen LogP contribution in [0.15, 0.2) is 61.1 Å². The minimum Gasteiger partial charge on any atom is -0.306 e. The summed E-state index contributed by atoms with van der Waals surface area (Å²) in [6, 6.07) is 11.9.